The standard InChI is InChI=1S/C28H48N4O6.C28H46N4O6/c2*1-11-13-17(20(33)23(35)29-14-12-2)30-22(34)19-18-16(28(18,9)10)15-32(19)24(36)21(26(3,4)5)31-25(37)38-27(6,7)8/h12,16-21,33H,2,11,13-15H2,1,3-10H3,(H,29,35)(H,30,34)(H,31,37);12,16-19,21H,2,11,13-15H2,1,3-10H3,(H,29,35)(H,30,34)(H,31,37)/t16-,17?,18-,19-,20?,21+;16-,17?,18-,19-,21+/m00/s1. The molecule has 430 valence electrons. The second-order valence-electron chi connectivity index (χ2n) is 26.3. The number of piperidine rings is 2. The zero-order chi connectivity index (χ0) is 58.4. The van der Waals surface area contributed by atoms with Crippen molar-refractivity contribution < 1.29 is 57.7 Å². The predicted octanol–water partition coefficient (Wildman–Crippen LogP) is 4.92. The van der Waals surface area contributed by atoms with Crippen LogP contribution >= 0.6 is 0 Å². The van der Waals surface area contributed by atoms with E-state index in [-0.39, 0.29) is 65.8 Å². The molecule has 3 unspecified atom stereocenters. The van der Waals surface area contributed by atoms with Gasteiger partial charge in [-0.15, -0.1) is 13.2 Å². The number of hydrogen-bond acceptors (Lipinski definition) is 12. The molecule has 20 heteroatoms. The van der Waals surface area contributed by atoms with Crippen LogP contribution in [0.3, 0.4) is 0 Å². The van der Waals surface area contributed by atoms with Gasteiger partial charge in [0.1, 0.15) is 35.4 Å². The zero-order valence-electron chi connectivity index (χ0n) is 48.9. The summed E-state index contributed by atoms with van der Waals surface area (Å²) in [5.74, 6) is -3.65. The number of fused-ring (bicyclic) bond motifs is 2. The third-order valence-corrected chi connectivity index (χ3v) is 14.9. The number of ether oxygens (including phenoxy) is 2. The summed E-state index contributed by atoms with van der Waals surface area (Å²) in [7, 11) is 0. The van der Waals surface area contributed by atoms with Crippen LogP contribution in [-0.2, 0) is 43.0 Å². The minimum atomic E-state index is -1.44. The van der Waals surface area contributed by atoms with Crippen LogP contribution in [0.1, 0.15) is 150 Å². The van der Waals surface area contributed by atoms with Gasteiger partial charge >= 0.3 is 12.2 Å². The van der Waals surface area contributed by atoms with E-state index >= 15 is 0 Å². The number of Topliss-reactive ketones (excluding diaryl/α,β-unsaturated/α-hetero) is 1. The molecule has 0 bridgehead atoms. The predicted molar refractivity (Wildman–Crippen MR) is 289 cm³/mol. The number of hydrogen-bond donors (Lipinski definition) is 7. The van der Waals surface area contributed by atoms with Gasteiger partial charge in [-0.3, -0.25) is 33.6 Å². The second kappa shape index (κ2) is 24.9. The normalized spacial score (nSPS) is 23.9. The SMILES string of the molecule is C=CCNC(=O)C(=O)C(CCC)NC(=O)[C@@H]1[C@@H]2[C@H](CN1C(=O)[C@@H](NC(=O)OC(C)(C)C)C(C)(C)C)C2(C)C.C=CCNC(=O)C(O)C(CCC)NC(=O)[C@@H]1[C@@H]2[C@H](CN1C(=O)[C@@H](NC(=O)OC(C)(C)C)C(C)(C)C)C2(C)C. The van der Waals surface area contributed by atoms with Gasteiger partial charge in [-0.25, -0.2) is 9.59 Å². The van der Waals surface area contributed by atoms with E-state index in [4.69, 9.17) is 9.47 Å². The van der Waals surface area contributed by atoms with Crippen LogP contribution < -0.4 is 31.9 Å². The molecular weight excluding hydrogens is 977 g/mol. The molecule has 0 radical (unpaired) electrons. The Kier molecular flexibility index (Phi) is 21.2. The summed E-state index contributed by atoms with van der Waals surface area (Å²) in [6.07, 6.45) is 1.99. The Morgan fingerprint density at radius 2 is 0.987 bits per heavy atom. The Labute approximate surface area is 452 Å². The fourth-order valence-electron chi connectivity index (χ4n) is 10.7. The van der Waals surface area contributed by atoms with Crippen molar-refractivity contribution in [2.75, 3.05) is 26.2 Å². The van der Waals surface area contributed by atoms with Gasteiger partial charge in [-0.1, -0.05) is 108 Å². The number of rotatable bonds is 20. The summed E-state index contributed by atoms with van der Waals surface area (Å²) in [4.78, 5) is 121. The summed E-state index contributed by atoms with van der Waals surface area (Å²) < 4.78 is 10.8. The molecule has 20 nitrogen and oxygen atoms in total. The average Bonchev–Trinajstić information content (AvgIpc) is 3.73. The fourth-order valence-corrected chi connectivity index (χ4v) is 10.7. The molecule has 4 fully saturated rings. The lowest BCUT2D eigenvalue weighted by atomic mass is 9.85. The molecule has 0 aromatic heterocycles. The topological polar surface area (TPSA) is 271 Å². The highest BCUT2D eigenvalue weighted by Crippen LogP contribution is 2.66. The minimum absolute atomic E-state index is 0.0670. The quantitative estimate of drug-likeness (QED) is 0.0633. The van der Waals surface area contributed by atoms with Crippen molar-refractivity contribution in [3.63, 3.8) is 0 Å². The Morgan fingerprint density at radius 1 is 0.605 bits per heavy atom. The highest BCUT2D eigenvalue weighted by molar-refractivity contribution is 6.38. The van der Waals surface area contributed by atoms with Gasteiger partial charge in [-0.2, -0.15) is 0 Å². The molecule has 2 saturated carbocycles. The van der Waals surface area contributed by atoms with E-state index in [1.807, 2.05) is 55.4 Å². The highest BCUT2D eigenvalue weighted by Gasteiger charge is 2.71. The van der Waals surface area contributed by atoms with Crippen molar-refractivity contribution in [1.82, 2.24) is 41.7 Å². The van der Waals surface area contributed by atoms with Gasteiger partial charge in [-0.05, 0) is 99.7 Å². The molecule has 11 atom stereocenters. The average molecular weight is 1070 g/mol. The number of nitrogens with one attached hydrogen (secondary N) is 6. The first-order valence-corrected chi connectivity index (χ1v) is 26.9. The first-order chi connectivity index (χ1) is 34.7. The zero-order valence-corrected chi connectivity index (χ0v) is 48.9. The third-order valence-electron chi connectivity index (χ3n) is 14.9. The van der Waals surface area contributed by atoms with Crippen molar-refractivity contribution in [2.24, 2.45) is 45.3 Å². The van der Waals surface area contributed by atoms with E-state index in [0.29, 0.717) is 32.4 Å². The molecule has 0 spiro atoms. The molecule has 2 aliphatic heterocycles. The number of aliphatic hydroxyl groups excluding tert-OH is 1. The molecule has 7 N–H and O–H groups in total. The number of carbonyl (C=O) groups excluding carboxylic acids is 9. The number of ketones is 1. The molecular formula is C56H94N8O12. The smallest absolute Gasteiger partial charge is 0.408 e. The minimum Gasteiger partial charge on any atom is -0.444 e. The molecule has 4 rings (SSSR count). The maximum Gasteiger partial charge on any atom is 0.408 e. The maximum atomic E-state index is 13.9. The Balaban J connectivity index is 0.000000400. The highest BCUT2D eigenvalue weighted by atomic mass is 16.6. The van der Waals surface area contributed by atoms with Crippen LogP contribution in [0.15, 0.2) is 25.3 Å². The third kappa shape index (κ3) is 16.3. The van der Waals surface area contributed by atoms with E-state index in [0.717, 1.165) is 0 Å². The number of alkyl carbamates (subject to hydrolysis) is 2. The lowest BCUT2D eigenvalue weighted by molar-refractivity contribution is -0.145. The van der Waals surface area contributed by atoms with Gasteiger partial charge in [0, 0.05) is 26.2 Å². The van der Waals surface area contributed by atoms with Gasteiger partial charge in [0.25, 0.3) is 11.8 Å². The van der Waals surface area contributed by atoms with Crippen LogP contribution in [0.2, 0.25) is 0 Å². The van der Waals surface area contributed by atoms with E-state index in [9.17, 15) is 48.3 Å². The van der Waals surface area contributed by atoms with Crippen molar-refractivity contribution in [3.8, 4) is 0 Å². The lowest BCUT2D eigenvalue weighted by Gasteiger charge is -2.38. The Morgan fingerprint density at radius 3 is 1.34 bits per heavy atom. The van der Waals surface area contributed by atoms with Crippen LogP contribution in [0.25, 0.3) is 0 Å². The van der Waals surface area contributed by atoms with Gasteiger partial charge in [0.15, 0.2) is 6.10 Å². The summed E-state index contributed by atoms with van der Waals surface area (Å²) in [6, 6.07) is -5.28. The van der Waals surface area contributed by atoms with E-state index in [1.54, 1.807) is 46.4 Å². The monoisotopic (exact) mass is 1070 g/mol. The molecule has 2 aliphatic carbocycles. The van der Waals surface area contributed by atoms with Gasteiger partial charge in [0.05, 0.1) is 12.1 Å². The number of carbonyl (C=O) groups is 9. The maximum absolute atomic E-state index is 13.9. The molecule has 0 aromatic carbocycles. The first-order valence-electron chi connectivity index (χ1n) is 26.9. The summed E-state index contributed by atoms with van der Waals surface area (Å²) in [6.45, 7) is 41.7. The summed E-state index contributed by atoms with van der Waals surface area (Å²) in [5, 5.41) is 26.8. The van der Waals surface area contributed by atoms with E-state index < -0.39 is 106 Å². The van der Waals surface area contributed by atoms with Crippen LogP contribution in [0.4, 0.5) is 9.59 Å². The van der Waals surface area contributed by atoms with Crippen molar-refractivity contribution in [1.29, 1.82) is 0 Å². The molecule has 2 heterocycles. The van der Waals surface area contributed by atoms with Crippen LogP contribution in [-0.4, -0.2) is 148 Å². The molecule has 0 aromatic rings. The van der Waals surface area contributed by atoms with Crippen molar-refractivity contribution in [2.45, 2.75) is 204 Å². The van der Waals surface area contributed by atoms with Crippen LogP contribution in [0.5, 0.6) is 0 Å². The van der Waals surface area contributed by atoms with E-state index in [2.05, 4.69) is 72.8 Å². The van der Waals surface area contributed by atoms with Gasteiger partial charge in [0.2, 0.25) is 29.4 Å². The molecule has 76 heavy (non-hydrogen) atoms. The number of amides is 8. The largest absolute Gasteiger partial charge is 0.444 e. The number of aliphatic hydroxyl groups is 1. The van der Waals surface area contributed by atoms with E-state index in [1.165, 1.54) is 17.1 Å². The molecule has 2 saturated heterocycles. The van der Waals surface area contributed by atoms with Crippen LogP contribution in [0, 0.1) is 45.3 Å². The Hall–Kier alpha value is -5.53. The molecule has 4 aliphatic rings. The number of likely N-dealkylation sites (tertiary alicyclic amines) is 2. The summed E-state index contributed by atoms with van der Waals surface area (Å²) >= 11 is 0. The van der Waals surface area contributed by atoms with Crippen molar-refractivity contribution >= 4 is 53.4 Å². The number of nitrogens with zero attached hydrogens (tertiary/aromatic N) is 2. The first kappa shape index (κ1) is 64.8. The Bertz CT molecular complexity index is 2180. The molecule has 8 amide bonds. The summed E-state index contributed by atoms with van der Waals surface area (Å²) in [5.41, 5.74) is -3.07. The second-order valence-corrected chi connectivity index (χ2v) is 26.3. The fraction of sp³-hybridized carbons (Fsp3) is 0.768. The van der Waals surface area contributed by atoms with Crippen molar-refractivity contribution in [3.05, 3.63) is 25.3 Å². The van der Waals surface area contributed by atoms with Gasteiger partial charge < -0.3 is 56.3 Å². The lowest BCUT2D eigenvalue weighted by Crippen LogP contribution is -2.61.